The zero-order chi connectivity index (χ0) is 16.4. The highest BCUT2D eigenvalue weighted by molar-refractivity contribution is 5.79. The molecule has 2 fully saturated rings. The monoisotopic (exact) mass is 319 g/mol. The van der Waals surface area contributed by atoms with Crippen molar-refractivity contribution in [3.8, 4) is 6.07 Å². The van der Waals surface area contributed by atoms with Gasteiger partial charge in [-0.25, -0.2) is 0 Å². The normalized spacial score (nSPS) is 24.7. The third-order valence-corrected chi connectivity index (χ3v) is 4.63. The first-order chi connectivity index (χ1) is 10.2. The van der Waals surface area contributed by atoms with Crippen molar-refractivity contribution in [1.29, 1.82) is 5.26 Å². The van der Waals surface area contributed by atoms with Crippen molar-refractivity contribution in [2.75, 3.05) is 19.6 Å². The summed E-state index contributed by atoms with van der Waals surface area (Å²) in [5.41, 5.74) is -3.47. The molecule has 8 heteroatoms. The summed E-state index contributed by atoms with van der Waals surface area (Å²) in [6, 6.07) is 2.14. The molecule has 1 aliphatic carbocycles. The minimum Gasteiger partial charge on any atom is -0.380 e. The van der Waals surface area contributed by atoms with E-state index in [1.165, 1.54) is 0 Å². The fraction of sp³-hybridized carbons (Fsp3) is 0.857. The highest BCUT2D eigenvalue weighted by Crippen LogP contribution is 2.38. The lowest BCUT2D eigenvalue weighted by molar-refractivity contribution is -0.272. The molecule has 2 N–H and O–H groups in total. The van der Waals surface area contributed by atoms with E-state index in [1.807, 2.05) is 0 Å². The standard InChI is InChI=1S/C14H20F3N3O2/c15-14(16,17)13(22)5-7-20(8-6-13)9-11(21)19-12(10-18)3-1-2-4-12/h22H,1-9H2,(H,19,21). The molecular formula is C14H20F3N3O2. The number of nitriles is 1. The van der Waals surface area contributed by atoms with Crippen LogP contribution in [0.4, 0.5) is 13.2 Å². The van der Waals surface area contributed by atoms with Crippen molar-refractivity contribution in [3.63, 3.8) is 0 Å². The summed E-state index contributed by atoms with van der Waals surface area (Å²) < 4.78 is 38.1. The van der Waals surface area contributed by atoms with Gasteiger partial charge in [0, 0.05) is 13.1 Å². The number of carbonyl (C=O) groups is 1. The van der Waals surface area contributed by atoms with Gasteiger partial charge in [-0.3, -0.25) is 9.69 Å². The molecule has 0 unspecified atom stereocenters. The summed E-state index contributed by atoms with van der Waals surface area (Å²) in [7, 11) is 0. The van der Waals surface area contributed by atoms with Crippen LogP contribution in [0.2, 0.25) is 0 Å². The van der Waals surface area contributed by atoms with Crippen LogP contribution in [0.5, 0.6) is 0 Å². The molecule has 1 amide bonds. The SMILES string of the molecule is N#CC1(NC(=O)CN2CCC(O)(C(F)(F)F)CC2)CCCC1. The summed E-state index contributed by atoms with van der Waals surface area (Å²) in [6.07, 6.45) is -2.52. The van der Waals surface area contributed by atoms with E-state index in [0.717, 1.165) is 12.8 Å². The van der Waals surface area contributed by atoms with Crippen molar-refractivity contribution in [1.82, 2.24) is 10.2 Å². The number of nitrogens with zero attached hydrogens (tertiary/aromatic N) is 2. The molecule has 1 saturated heterocycles. The number of hydrogen-bond donors (Lipinski definition) is 2. The van der Waals surface area contributed by atoms with E-state index in [4.69, 9.17) is 0 Å². The van der Waals surface area contributed by atoms with Gasteiger partial charge in [-0.2, -0.15) is 18.4 Å². The molecule has 0 spiro atoms. The Morgan fingerprint density at radius 1 is 1.23 bits per heavy atom. The summed E-state index contributed by atoms with van der Waals surface area (Å²) in [5.74, 6) is -0.346. The lowest BCUT2D eigenvalue weighted by Crippen LogP contribution is -2.55. The molecule has 2 rings (SSSR count). The number of halogens is 3. The Bertz CT molecular complexity index is 459. The number of aliphatic hydroxyl groups is 1. The van der Waals surface area contributed by atoms with Crippen LogP contribution in [0, 0.1) is 11.3 Å². The van der Waals surface area contributed by atoms with Gasteiger partial charge in [0.15, 0.2) is 5.60 Å². The zero-order valence-electron chi connectivity index (χ0n) is 12.2. The van der Waals surface area contributed by atoms with Crippen molar-refractivity contribution in [3.05, 3.63) is 0 Å². The van der Waals surface area contributed by atoms with E-state index >= 15 is 0 Å². The highest BCUT2D eigenvalue weighted by atomic mass is 19.4. The molecular weight excluding hydrogens is 299 g/mol. The van der Waals surface area contributed by atoms with Crippen LogP contribution in [0.3, 0.4) is 0 Å². The number of amides is 1. The van der Waals surface area contributed by atoms with Crippen LogP contribution < -0.4 is 5.32 Å². The van der Waals surface area contributed by atoms with Gasteiger partial charge in [0.2, 0.25) is 5.91 Å². The van der Waals surface area contributed by atoms with Gasteiger partial charge < -0.3 is 10.4 Å². The smallest absolute Gasteiger partial charge is 0.380 e. The molecule has 1 heterocycles. The lowest BCUT2D eigenvalue weighted by atomic mass is 9.91. The van der Waals surface area contributed by atoms with Crippen LogP contribution in [0.15, 0.2) is 0 Å². The Hall–Kier alpha value is -1.33. The third kappa shape index (κ3) is 3.52. The maximum Gasteiger partial charge on any atom is 0.417 e. The second-order valence-electron chi connectivity index (χ2n) is 6.25. The third-order valence-electron chi connectivity index (χ3n) is 4.63. The topological polar surface area (TPSA) is 76.4 Å². The van der Waals surface area contributed by atoms with E-state index < -0.39 is 30.2 Å². The number of likely N-dealkylation sites (tertiary alicyclic amines) is 1. The van der Waals surface area contributed by atoms with Gasteiger partial charge in [-0.05, 0) is 38.5 Å². The zero-order valence-corrected chi connectivity index (χ0v) is 12.2. The van der Waals surface area contributed by atoms with Gasteiger partial charge in [-0.15, -0.1) is 0 Å². The number of alkyl halides is 3. The van der Waals surface area contributed by atoms with Crippen molar-refractivity contribution in [2.45, 2.75) is 55.8 Å². The second-order valence-corrected chi connectivity index (χ2v) is 6.25. The molecule has 0 atom stereocenters. The van der Waals surface area contributed by atoms with Gasteiger partial charge in [0.1, 0.15) is 5.54 Å². The Morgan fingerprint density at radius 2 is 1.77 bits per heavy atom. The summed E-state index contributed by atoms with van der Waals surface area (Å²) in [6.45, 7) is -0.0384. The largest absolute Gasteiger partial charge is 0.417 e. The van der Waals surface area contributed by atoms with Gasteiger partial charge in [0.05, 0.1) is 12.6 Å². The Balaban J connectivity index is 1.84. The van der Waals surface area contributed by atoms with Crippen molar-refractivity contribution in [2.24, 2.45) is 0 Å². The lowest BCUT2D eigenvalue weighted by Gasteiger charge is -2.39. The predicted octanol–water partition coefficient (Wildman–Crippen LogP) is 1.33. The molecule has 22 heavy (non-hydrogen) atoms. The van der Waals surface area contributed by atoms with E-state index in [-0.39, 0.29) is 25.5 Å². The van der Waals surface area contributed by atoms with E-state index in [9.17, 15) is 28.3 Å². The Morgan fingerprint density at radius 3 is 2.23 bits per heavy atom. The number of hydrogen-bond acceptors (Lipinski definition) is 4. The fourth-order valence-electron chi connectivity index (χ4n) is 3.12. The minimum atomic E-state index is -4.64. The molecule has 5 nitrogen and oxygen atoms in total. The highest BCUT2D eigenvalue weighted by Gasteiger charge is 2.54. The van der Waals surface area contributed by atoms with Crippen LogP contribution in [-0.2, 0) is 4.79 Å². The second kappa shape index (κ2) is 6.05. The first kappa shape index (κ1) is 17.0. The molecule has 0 bridgehead atoms. The molecule has 0 aromatic heterocycles. The van der Waals surface area contributed by atoms with Gasteiger partial charge in [0.25, 0.3) is 0 Å². The maximum absolute atomic E-state index is 12.7. The average Bonchev–Trinajstić information content (AvgIpc) is 2.89. The minimum absolute atomic E-state index is 0.00296. The molecule has 1 aliphatic heterocycles. The maximum atomic E-state index is 12.7. The summed E-state index contributed by atoms with van der Waals surface area (Å²) in [4.78, 5) is 13.6. The Labute approximate surface area is 127 Å². The predicted molar refractivity (Wildman–Crippen MR) is 71.6 cm³/mol. The molecule has 124 valence electrons. The van der Waals surface area contributed by atoms with Crippen molar-refractivity contribution >= 4 is 5.91 Å². The van der Waals surface area contributed by atoms with E-state index in [2.05, 4.69) is 11.4 Å². The Kier molecular flexibility index (Phi) is 4.68. The van der Waals surface area contributed by atoms with Crippen LogP contribution >= 0.6 is 0 Å². The molecule has 2 aliphatic rings. The number of carbonyl (C=O) groups excluding carboxylic acids is 1. The molecule has 0 aromatic rings. The van der Waals surface area contributed by atoms with Gasteiger partial charge >= 0.3 is 6.18 Å². The first-order valence-corrected chi connectivity index (χ1v) is 7.43. The first-order valence-electron chi connectivity index (χ1n) is 7.43. The fourth-order valence-corrected chi connectivity index (χ4v) is 3.12. The van der Waals surface area contributed by atoms with Gasteiger partial charge in [-0.1, -0.05) is 0 Å². The summed E-state index contributed by atoms with van der Waals surface area (Å²) >= 11 is 0. The van der Waals surface area contributed by atoms with E-state index in [0.29, 0.717) is 12.8 Å². The average molecular weight is 319 g/mol. The number of rotatable bonds is 3. The molecule has 0 aromatic carbocycles. The quantitative estimate of drug-likeness (QED) is 0.823. The van der Waals surface area contributed by atoms with Crippen LogP contribution in [-0.4, -0.2) is 52.9 Å². The van der Waals surface area contributed by atoms with Crippen LogP contribution in [0.1, 0.15) is 38.5 Å². The summed E-state index contributed by atoms with van der Waals surface area (Å²) in [5, 5.41) is 21.5. The molecule has 0 radical (unpaired) electrons. The number of nitrogens with one attached hydrogen (secondary N) is 1. The van der Waals surface area contributed by atoms with Crippen LogP contribution in [0.25, 0.3) is 0 Å². The van der Waals surface area contributed by atoms with Crippen molar-refractivity contribution < 1.29 is 23.1 Å². The van der Waals surface area contributed by atoms with E-state index in [1.54, 1.807) is 4.90 Å². The molecule has 1 saturated carbocycles. The number of piperidine rings is 1.